The van der Waals surface area contributed by atoms with E-state index in [1.807, 2.05) is 0 Å². The third-order valence-corrected chi connectivity index (χ3v) is 5.20. The van der Waals surface area contributed by atoms with E-state index in [2.05, 4.69) is 4.72 Å². The summed E-state index contributed by atoms with van der Waals surface area (Å²) in [5.41, 5.74) is 1.31. The van der Waals surface area contributed by atoms with Gasteiger partial charge in [-0.25, -0.2) is 8.42 Å². The maximum atomic E-state index is 12.6. The molecule has 24 heavy (non-hydrogen) atoms. The van der Waals surface area contributed by atoms with Crippen LogP contribution in [0.1, 0.15) is 5.56 Å². The molecule has 0 saturated heterocycles. The molecule has 0 amide bonds. The number of sulfonamides is 1. The van der Waals surface area contributed by atoms with Crippen LogP contribution < -0.4 is 10.3 Å². The molecule has 0 spiro atoms. The van der Waals surface area contributed by atoms with Crippen molar-refractivity contribution in [2.75, 3.05) is 4.72 Å². The maximum absolute atomic E-state index is 12.6. The molecule has 6 nitrogen and oxygen atoms in total. The molecule has 0 aliphatic rings. The summed E-state index contributed by atoms with van der Waals surface area (Å²) in [5.74, 6) is 0. The van der Waals surface area contributed by atoms with Gasteiger partial charge in [0.1, 0.15) is 0 Å². The molecular formula is C17H16N2O4S. The molecule has 3 rings (SSSR count). The first kappa shape index (κ1) is 16.2. The number of nitrogens with one attached hydrogen (secondary N) is 1. The number of para-hydroxylation sites is 1. The third-order valence-electron chi connectivity index (χ3n) is 3.84. The zero-order valence-electron chi connectivity index (χ0n) is 12.9. The molecular weight excluding hydrogens is 328 g/mol. The number of anilines is 1. The Kier molecular flexibility index (Phi) is 4.13. The lowest BCUT2D eigenvalue weighted by Gasteiger charge is -2.12. The minimum atomic E-state index is -3.81. The summed E-state index contributed by atoms with van der Waals surface area (Å²) in [4.78, 5) is 11.7. The molecule has 1 heterocycles. The minimum Gasteiger partial charge on any atom is -0.392 e. The van der Waals surface area contributed by atoms with Gasteiger partial charge in [0.15, 0.2) is 0 Å². The number of pyridine rings is 1. The summed E-state index contributed by atoms with van der Waals surface area (Å²) >= 11 is 0. The zero-order chi connectivity index (χ0) is 17.3. The molecule has 0 bridgehead atoms. The van der Waals surface area contributed by atoms with Crippen molar-refractivity contribution < 1.29 is 13.5 Å². The zero-order valence-corrected chi connectivity index (χ0v) is 13.7. The lowest BCUT2D eigenvalue weighted by Crippen LogP contribution is -2.16. The molecule has 0 aliphatic heterocycles. The number of aryl methyl sites for hydroxylation is 1. The molecule has 0 radical (unpaired) electrons. The fourth-order valence-electron chi connectivity index (χ4n) is 2.49. The van der Waals surface area contributed by atoms with Crippen molar-refractivity contribution in [3.8, 4) is 0 Å². The highest BCUT2D eigenvalue weighted by Crippen LogP contribution is 2.22. The minimum absolute atomic E-state index is 0.0846. The van der Waals surface area contributed by atoms with Crippen molar-refractivity contribution in [1.82, 2.24) is 4.57 Å². The van der Waals surface area contributed by atoms with E-state index >= 15 is 0 Å². The van der Waals surface area contributed by atoms with Gasteiger partial charge in [-0.1, -0.05) is 18.2 Å². The van der Waals surface area contributed by atoms with Gasteiger partial charge >= 0.3 is 0 Å². The van der Waals surface area contributed by atoms with Crippen LogP contribution in [0.25, 0.3) is 10.9 Å². The van der Waals surface area contributed by atoms with Gasteiger partial charge in [0.05, 0.1) is 22.7 Å². The normalized spacial score (nSPS) is 11.6. The number of aliphatic hydroxyl groups excluding tert-OH is 1. The number of benzene rings is 2. The van der Waals surface area contributed by atoms with Crippen molar-refractivity contribution in [1.29, 1.82) is 0 Å². The van der Waals surface area contributed by atoms with Crippen molar-refractivity contribution in [2.24, 2.45) is 7.05 Å². The van der Waals surface area contributed by atoms with Crippen LogP contribution in [0.5, 0.6) is 0 Å². The van der Waals surface area contributed by atoms with Crippen LogP contribution in [0.3, 0.4) is 0 Å². The Morgan fingerprint density at radius 3 is 2.58 bits per heavy atom. The average molecular weight is 344 g/mol. The lowest BCUT2D eigenvalue weighted by atomic mass is 10.2. The van der Waals surface area contributed by atoms with Crippen molar-refractivity contribution in [3.63, 3.8) is 0 Å². The highest BCUT2D eigenvalue weighted by atomic mass is 32.2. The van der Waals surface area contributed by atoms with E-state index in [1.165, 1.54) is 22.8 Å². The number of rotatable bonds is 4. The second kappa shape index (κ2) is 6.10. The largest absolute Gasteiger partial charge is 0.392 e. The number of aromatic nitrogens is 1. The van der Waals surface area contributed by atoms with Crippen LogP contribution in [-0.2, 0) is 23.7 Å². The van der Waals surface area contributed by atoms with Gasteiger partial charge in [0.25, 0.3) is 15.6 Å². The van der Waals surface area contributed by atoms with Crippen LogP contribution >= 0.6 is 0 Å². The predicted molar refractivity (Wildman–Crippen MR) is 92.4 cm³/mol. The summed E-state index contributed by atoms with van der Waals surface area (Å²) in [6, 6.07) is 14.2. The molecule has 3 aromatic rings. The van der Waals surface area contributed by atoms with Crippen LogP contribution in [0.2, 0.25) is 0 Å². The van der Waals surface area contributed by atoms with E-state index in [1.54, 1.807) is 43.4 Å². The standard InChI is InChI=1S/C17H16N2O4S/c1-19-16-8-7-14(10-12(16)6-9-17(19)21)24(22,23)18-15-5-3-2-4-13(15)11-20/h2-10,18,20H,11H2,1H3. The molecule has 1 aromatic heterocycles. The summed E-state index contributed by atoms with van der Waals surface area (Å²) in [7, 11) is -2.18. The van der Waals surface area contributed by atoms with Gasteiger partial charge in [0.2, 0.25) is 0 Å². The first-order chi connectivity index (χ1) is 11.4. The molecule has 124 valence electrons. The molecule has 7 heteroatoms. The highest BCUT2D eigenvalue weighted by Gasteiger charge is 2.16. The monoisotopic (exact) mass is 344 g/mol. The first-order valence-corrected chi connectivity index (χ1v) is 8.72. The topological polar surface area (TPSA) is 88.4 Å². The SMILES string of the molecule is Cn1c(=O)ccc2cc(S(=O)(=O)Nc3ccccc3CO)ccc21. The number of hydrogen-bond donors (Lipinski definition) is 2. The molecule has 2 N–H and O–H groups in total. The van der Waals surface area contributed by atoms with Crippen LogP contribution in [0.4, 0.5) is 5.69 Å². The number of hydrogen-bond acceptors (Lipinski definition) is 4. The molecule has 0 saturated carbocycles. The van der Waals surface area contributed by atoms with Gasteiger partial charge < -0.3 is 9.67 Å². The Morgan fingerprint density at radius 1 is 1.08 bits per heavy atom. The van der Waals surface area contributed by atoms with Gasteiger partial charge in [-0.3, -0.25) is 9.52 Å². The van der Waals surface area contributed by atoms with E-state index in [0.29, 0.717) is 22.2 Å². The summed E-state index contributed by atoms with van der Waals surface area (Å²) in [6.45, 7) is -0.265. The van der Waals surface area contributed by atoms with E-state index in [9.17, 15) is 18.3 Å². The fraction of sp³-hybridized carbons (Fsp3) is 0.118. The quantitative estimate of drug-likeness (QED) is 0.756. The molecule has 0 unspecified atom stereocenters. The Morgan fingerprint density at radius 2 is 1.83 bits per heavy atom. The van der Waals surface area contributed by atoms with Crippen molar-refractivity contribution >= 4 is 26.6 Å². The van der Waals surface area contributed by atoms with Crippen LogP contribution in [0, 0.1) is 0 Å². The molecule has 0 aliphatic carbocycles. The maximum Gasteiger partial charge on any atom is 0.261 e. The second-order valence-corrected chi connectivity index (χ2v) is 7.05. The van der Waals surface area contributed by atoms with Gasteiger partial charge in [0, 0.05) is 18.7 Å². The number of nitrogens with zero attached hydrogens (tertiary/aromatic N) is 1. The fourth-order valence-corrected chi connectivity index (χ4v) is 3.63. The van der Waals surface area contributed by atoms with E-state index < -0.39 is 10.0 Å². The Bertz CT molecular complexity index is 1070. The highest BCUT2D eigenvalue weighted by molar-refractivity contribution is 7.92. The summed E-state index contributed by atoms with van der Waals surface area (Å²) in [5, 5.41) is 9.97. The Hall–Kier alpha value is -2.64. The summed E-state index contributed by atoms with van der Waals surface area (Å²) < 4.78 is 29.2. The molecule has 0 atom stereocenters. The predicted octanol–water partition coefficient (Wildman–Crippen LogP) is 1.83. The lowest BCUT2D eigenvalue weighted by molar-refractivity contribution is 0.282. The third kappa shape index (κ3) is 2.91. The van der Waals surface area contributed by atoms with Crippen LogP contribution in [0.15, 0.2) is 64.3 Å². The molecule has 0 fully saturated rings. The van der Waals surface area contributed by atoms with Gasteiger partial charge in [-0.15, -0.1) is 0 Å². The first-order valence-electron chi connectivity index (χ1n) is 7.24. The Labute approximate surface area is 139 Å². The Balaban J connectivity index is 2.05. The van der Waals surface area contributed by atoms with Crippen molar-refractivity contribution in [2.45, 2.75) is 11.5 Å². The summed E-state index contributed by atoms with van der Waals surface area (Å²) in [6.07, 6.45) is 0. The van der Waals surface area contributed by atoms with E-state index in [0.717, 1.165) is 0 Å². The van der Waals surface area contributed by atoms with E-state index in [-0.39, 0.29) is 17.1 Å². The van der Waals surface area contributed by atoms with Crippen LogP contribution in [-0.4, -0.2) is 18.1 Å². The smallest absolute Gasteiger partial charge is 0.261 e. The average Bonchev–Trinajstić information content (AvgIpc) is 2.58. The molecule has 2 aromatic carbocycles. The second-order valence-electron chi connectivity index (χ2n) is 5.37. The number of aliphatic hydroxyl groups is 1. The van der Waals surface area contributed by atoms with Gasteiger partial charge in [-0.2, -0.15) is 0 Å². The number of fused-ring (bicyclic) bond motifs is 1. The van der Waals surface area contributed by atoms with Gasteiger partial charge in [-0.05, 0) is 35.7 Å². The van der Waals surface area contributed by atoms with E-state index in [4.69, 9.17) is 0 Å². The van der Waals surface area contributed by atoms with Crippen molar-refractivity contribution in [3.05, 3.63) is 70.5 Å².